The Morgan fingerprint density at radius 2 is 1.38 bits per heavy atom. The summed E-state index contributed by atoms with van der Waals surface area (Å²) in [5.41, 5.74) is 16.2. The van der Waals surface area contributed by atoms with Crippen LogP contribution in [-0.2, 0) is 6.54 Å². The molecule has 34 heavy (non-hydrogen) atoms. The molecular weight excluding hydrogens is 469 g/mol. The van der Waals surface area contributed by atoms with Crippen LogP contribution in [0.15, 0.2) is 78.9 Å². The highest BCUT2D eigenvalue weighted by atomic mass is 35.5. The van der Waals surface area contributed by atoms with Crippen LogP contribution in [0.25, 0.3) is 32.9 Å². The highest BCUT2D eigenvalue weighted by Gasteiger charge is 2.19. The highest BCUT2D eigenvalue weighted by molar-refractivity contribution is 6.39. The fourth-order valence-electron chi connectivity index (χ4n) is 4.52. The lowest BCUT2D eigenvalue weighted by Gasteiger charge is -2.12. The Bertz CT molecular complexity index is 1600. The average molecular weight is 488 g/mol. The lowest BCUT2D eigenvalue weighted by Crippen LogP contribution is -2.15. The van der Waals surface area contributed by atoms with Crippen molar-refractivity contribution in [3.8, 4) is 11.1 Å². The van der Waals surface area contributed by atoms with Crippen molar-refractivity contribution in [2.75, 3.05) is 0 Å². The number of primary amides is 2. The Hall–Kier alpha value is -3.80. The summed E-state index contributed by atoms with van der Waals surface area (Å²) in [4.78, 5) is 24.3. The molecule has 4 aromatic carbocycles. The van der Waals surface area contributed by atoms with Gasteiger partial charge in [0.15, 0.2) is 0 Å². The molecule has 0 bridgehead atoms. The van der Waals surface area contributed by atoms with E-state index in [2.05, 4.69) is 0 Å². The van der Waals surface area contributed by atoms with Gasteiger partial charge >= 0.3 is 0 Å². The van der Waals surface area contributed by atoms with Gasteiger partial charge in [-0.3, -0.25) is 9.59 Å². The van der Waals surface area contributed by atoms with Crippen LogP contribution in [0.5, 0.6) is 0 Å². The lowest BCUT2D eigenvalue weighted by molar-refractivity contribution is 0.0992. The molecule has 0 saturated carbocycles. The van der Waals surface area contributed by atoms with Crippen molar-refractivity contribution >= 4 is 56.8 Å². The second kappa shape index (κ2) is 8.52. The van der Waals surface area contributed by atoms with E-state index >= 15 is 0 Å². The zero-order chi connectivity index (χ0) is 24.0. The molecule has 5 rings (SSSR count). The Morgan fingerprint density at radius 3 is 2.09 bits per heavy atom. The molecule has 2 amide bonds. The Morgan fingerprint density at radius 1 is 0.735 bits per heavy atom. The minimum atomic E-state index is -0.514. The van der Waals surface area contributed by atoms with Gasteiger partial charge in [-0.2, -0.15) is 0 Å². The number of carbonyl (C=O) groups excluding carboxylic acids is 2. The molecule has 0 fully saturated rings. The van der Waals surface area contributed by atoms with Crippen molar-refractivity contribution in [2.45, 2.75) is 6.54 Å². The molecule has 0 unspecified atom stereocenters. The summed E-state index contributed by atoms with van der Waals surface area (Å²) in [6.45, 7) is 0.362. The molecule has 0 saturated heterocycles. The quantitative estimate of drug-likeness (QED) is 0.317. The van der Waals surface area contributed by atoms with Crippen LogP contribution < -0.4 is 11.5 Å². The third-order valence-corrected chi connectivity index (χ3v) is 6.65. The standard InChI is InChI=1S/C27H19Cl2N3O2/c28-20-8-4-9-21(29)24(20)15-11-12-18-23(13-15)32(14-16-5-1-2-6-17(16)26(30)33)22-10-3-7-19(25(18)22)27(31)34/h1-13H,14H2,(H2,30,33)(H2,31,34). The SMILES string of the molecule is NC(=O)c1ccccc1Cn1c2cc(-c3c(Cl)cccc3Cl)ccc2c2c(C(N)=O)cccc21. The molecule has 0 radical (unpaired) electrons. The summed E-state index contributed by atoms with van der Waals surface area (Å²) in [6.07, 6.45) is 0. The summed E-state index contributed by atoms with van der Waals surface area (Å²) in [5, 5.41) is 2.67. The second-order valence-corrected chi connectivity index (χ2v) is 8.81. The number of hydrogen-bond donors (Lipinski definition) is 2. The number of amides is 2. The lowest BCUT2D eigenvalue weighted by atomic mass is 10.0. The van der Waals surface area contributed by atoms with E-state index in [0.717, 1.165) is 38.5 Å². The van der Waals surface area contributed by atoms with Crippen LogP contribution in [0.3, 0.4) is 0 Å². The number of carbonyl (C=O) groups is 2. The number of hydrogen-bond acceptors (Lipinski definition) is 2. The molecule has 0 aliphatic rings. The number of halogens is 2. The van der Waals surface area contributed by atoms with E-state index in [4.69, 9.17) is 34.7 Å². The molecule has 5 nitrogen and oxygen atoms in total. The number of nitrogens with zero attached hydrogens (tertiary/aromatic N) is 1. The van der Waals surface area contributed by atoms with E-state index in [9.17, 15) is 9.59 Å². The first kappa shape index (κ1) is 22.0. The molecule has 0 aliphatic heterocycles. The van der Waals surface area contributed by atoms with Crippen molar-refractivity contribution < 1.29 is 9.59 Å². The molecule has 0 aliphatic carbocycles. The molecule has 7 heteroatoms. The third kappa shape index (κ3) is 3.59. The molecule has 1 heterocycles. The van der Waals surface area contributed by atoms with E-state index in [1.54, 1.807) is 42.5 Å². The van der Waals surface area contributed by atoms with Gasteiger partial charge in [0.05, 0.1) is 11.0 Å². The molecule has 1 aromatic heterocycles. The number of fused-ring (bicyclic) bond motifs is 3. The minimum absolute atomic E-state index is 0.362. The highest BCUT2D eigenvalue weighted by Crippen LogP contribution is 2.39. The van der Waals surface area contributed by atoms with Gasteiger partial charge in [-0.1, -0.05) is 65.7 Å². The van der Waals surface area contributed by atoms with Crippen LogP contribution in [0.1, 0.15) is 26.3 Å². The van der Waals surface area contributed by atoms with Gasteiger partial charge in [-0.05, 0) is 47.5 Å². The predicted octanol–water partition coefficient (Wildman–Crippen LogP) is 6.01. The van der Waals surface area contributed by atoms with E-state index in [1.165, 1.54) is 0 Å². The molecule has 0 atom stereocenters. The summed E-state index contributed by atoms with van der Waals surface area (Å²) in [7, 11) is 0. The number of aromatic nitrogens is 1. The van der Waals surface area contributed by atoms with Crippen LogP contribution in [0.4, 0.5) is 0 Å². The maximum Gasteiger partial charge on any atom is 0.249 e. The normalized spacial score (nSPS) is 11.2. The van der Waals surface area contributed by atoms with Crippen LogP contribution >= 0.6 is 23.2 Å². The van der Waals surface area contributed by atoms with Gasteiger partial charge in [0.1, 0.15) is 0 Å². The predicted molar refractivity (Wildman–Crippen MR) is 137 cm³/mol. The first-order valence-corrected chi connectivity index (χ1v) is 11.3. The molecule has 168 valence electrons. The molecule has 5 aromatic rings. The van der Waals surface area contributed by atoms with E-state index in [-0.39, 0.29) is 0 Å². The Kier molecular flexibility index (Phi) is 5.52. The zero-order valence-electron chi connectivity index (χ0n) is 17.9. The van der Waals surface area contributed by atoms with Gasteiger partial charge in [0.2, 0.25) is 11.8 Å². The summed E-state index contributed by atoms with van der Waals surface area (Å²) in [5.74, 6) is -1.02. The zero-order valence-corrected chi connectivity index (χ0v) is 19.4. The summed E-state index contributed by atoms with van der Waals surface area (Å²) >= 11 is 13.0. The topological polar surface area (TPSA) is 91.1 Å². The fourth-order valence-corrected chi connectivity index (χ4v) is 5.13. The third-order valence-electron chi connectivity index (χ3n) is 6.02. The average Bonchev–Trinajstić information content (AvgIpc) is 3.12. The van der Waals surface area contributed by atoms with Crippen molar-refractivity contribution in [3.05, 3.63) is 106 Å². The number of nitrogens with two attached hydrogens (primary N) is 2. The van der Waals surface area contributed by atoms with E-state index < -0.39 is 11.8 Å². The Labute approximate surface area is 205 Å². The van der Waals surface area contributed by atoms with Crippen molar-refractivity contribution in [1.82, 2.24) is 4.57 Å². The second-order valence-electron chi connectivity index (χ2n) is 8.00. The first-order valence-electron chi connectivity index (χ1n) is 10.5. The maximum atomic E-state index is 12.3. The van der Waals surface area contributed by atoms with Gasteiger partial charge in [-0.15, -0.1) is 0 Å². The summed E-state index contributed by atoms with van der Waals surface area (Å²) < 4.78 is 2.05. The monoisotopic (exact) mass is 487 g/mol. The van der Waals surface area contributed by atoms with Crippen molar-refractivity contribution in [2.24, 2.45) is 11.5 Å². The largest absolute Gasteiger partial charge is 0.366 e. The van der Waals surface area contributed by atoms with E-state index in [1.807, 2.05) is 41.0 Å². The Balaban J connectivity index is 1.84. The minimum Gasteiger partial charge on any atom is -0.366 e. The van der Waals surface area contributed by atoms with E-state index in [0.29, 0.717) is 27.7 Å². The molecule has 0 spiro atoms. The number of benzene rings is 4. The smallest absolute Gasteiger partial charge is 0.249 e. The van der Waals surface area contributed by atoms with Crippen molar-refractivity contribution in [1.29, 1.82) is 0 Å². The van der Waals surface area contributed by atoms with Gasteiger partial charge in [0.25, 0.3) is 0 Å². The van der Waals surface area contributed by atoms with Crippen LogP contribution in [0, 0.1) is 0 Å². The van der Waals surface area contributed by atoms with Gasteiger partial charge in [-0.25, -0.2) is 0 Å². The summed E-state index contributed by atoms with van der Waals surface area (Å²) in [6, 6.07) is 23.9. The van der Waals surface area contributed by atoms with Gasteiger partial charge < -0.3 is 16.0 Å². The molecule has 4 N–H and O–H groups in total. The maximum absolute atomic E-state index is 12.3. The van der Waals surface area contributed by atoms with Gasteiger partial charge in [0, 0.05) is 44.1 Å². The van der Waals surface area contributed by atoms with Crippen LogP contribution in [-0.4, -0.2) is 16.4 Å². The first-order chi connectivity index (χ1) is 16.4. The van der Waals surface area contributed by atoms with Crippen molar-refractivity contribution in [3.63, 3.8) is 0 Å². The molecular formula is C27H19Cl2N3O2. The number of rotatable bonds is 5. The van der Waals surface area contributed by atoms with Crippen LogP contribution in [0.2, 0.25) is 10.0 Å². The fraction of sp³-hybridized carbons (Fsp3) is 0.0370.